The highest BCUT2D eigenvalue weighted by molar-refractivity contribution is 7.90. The number of pyridine rings is 1. The van der Waals surface area contributed by atoms with Crippen LogP contribution in [0.15, 0.2) is 84.0 Å². The number of rotatable bonds is 6. The molecule has 0 unspecified atom stereocenters. The summed E-state index contributed by atoms with van der Waals surface area (Å²) in [5.41, 5.74) is 4.15. The lowest BCUT2D eigenvalue weighted by Crippen LogP contribution is -2.03. The Kier molecular flexibility index (Phi) is 5.46. The van der Waals surface area contributed by atoms with Gasteiger partial charge in [-0.1, -0.05) is 30.3 Å². The van der Waals surface area contributed by atoms with Crippen LogP contribution < -0.4 is 0 Å². The monoisotopic (exact) mass is 421 g/mol. The quantitative estimate of drug-likeness (QED) is 0.463. The van der Waals surface area contributed by atoms with Gasteiger partial charge in [0.15, 0.2) is 9.84 Å². The van der Waals surface area contributed by atoms with E-state index in [-0.39, 0.29) is 10.7 Å². The minimum Gasteiger partial charge on any atom is -0.271 e. The van der Waals surface area contributed by atoms with Gasteiger partial charge in [0.25, 0.3) is 0 Å². The molecule has 152 valence electrons. The molecule has 0 radical (unpaired) electrons. The van der Waals surface area contributed by atoms with Crippen LogP contribution in [0.1, 0.15) is 5.69 Å². The fourth-order valence-electron chi connectivity index (χ4n) is 3.22. The molecule has 4 aromatic rings. The Morgan fingerprint density at radius 3 is 2.27 bits per heavy atom. The molecule has 0 atom stereocenters. The van der Waals surface area contributed by atoms with Crippen LogP contribution in [-0.4, -0.2) is 29.4 Å². The van der Waals surface area contributed by atoms with E-state index in [1.54, 1.807) is 42.6 Å². The molecular weight excluding hydrogens is 401 g/mol. The predicted molar refractivity (Wildman–Crippen MR) is 114 cm³/mol. The molecule has 0 fully saturated rings. The lowest BCUT2D eigenvalue weighted by atomic mass is 10.0. The predicted octanol–water partition coefficient (Wildman–Crippen LogP) is 4.40. The largest absolute Gasteiger partial charge is 0.271 e. The van der Waals surface area contributed by atoms with Gasteiger partial charge in [-0.05, 0) is 42.0 Å². The average Bonchev–Trinajstić information content (AvgIpc) is 3.17. The van der Waals surface area contributed by atoms with Gasteiger partial charge in [-0.3, -0.25) is 9.67 Å². The Balaban J connectivity index is 1.71. The fraction of sp³-hybridized carbons (Fsp3) is 0.130. The van der Waals surface area contributed by atoms with Gasteiger partial charge in [-0.15, -0.1) is 0 Å². The van der Waals surface area contributed by atoms with E-state index in [9.17, 15) is 12.8 Å². The second kappa shape index (κ2) is 8.20. The highest BCUT2D eigenvalue weighted by Gasteiger charge is 2.15. The fourth-order valence-corrected chi connectivity index (χ4v) is 3.86. The zero-order valence-corrected chi connectivity index (χ0v) is 17.2. The number of hydrogen-bond acceptors (Lipinski definition) is 4. The Bertz CT molecular complexity index is 1250. The molecule has 0 amide bonds. The van der Waals surface area contributed by atoms with Gasteiger partial charge in [0.1, 0.15) is 11.5 Å². The second-order valence-electron chi connectivity index (χ2n) is 7.03. The average molecular weight is 421 g/mol. The highest BCUT2D eigenvalue weighted by Crippen LogP contribution is 2.32. The Labute approximate surface area is 174 Å². The van der Waals surface area contributed by atoms with Gasteiger partial charge in [0.2, 0.25) is 0 Å². The molecule has 0 spiro atoms. The zero-order valence-electron chi connectivity index (χ0n) is 16.4. The number of hydrogen-bond donors (Lipinski definition) is 0. The summed E-state index contributed by atoms with van der Waals surface area (Å²) in [6.45, 7) is 0.632. The first-order valence-corrected chi connectivity index (χ1v) is 11.3. The summed E-state index contributed by atoms with van der Waals surface area (Å²) in [5.74, 6) is -0.305. The van der Waals surface area contributed by atoms with E-state index in [4.69, 9.17) is 5.10 Å². The summed E-state index contributed by atoms with van der Waals surface area (Å²) >= 11 is 0. The minimum absolute atomic E-state index is 0.254. The van der Waals surface area contributed by atoms with Crippen molar-refractivity contribution in [1.29, 1.82) is 0 Å². The van der Waals surface area contributed by atoms with E-state index in [2.05, 4.69) is 4.98 Å². The first-order chi connectivity index (χ1) is 14.4. The third-order valence-corrected chi connectivity index (χ3v) is 5.92. The summed E-state index contributed by atoms with van der Waals surface area (Å²) in [4.78, 5) is 4.60. The third kappa shape index (κ3) is 4.46. The number of sulfone groups is 1. The van der Waals surface area contributed by atoms with Gasteiger partial charge in [-0.25, -0.2) is 12.8 Å². The van der Waals surface area contributed by atoms with E-state index >= 15 is 0 Å². The molecule has 2 aromatic heterocycles. The molecule has 4 rings (SSSR count). The number of benzene rings is 2. The maximum absolute atomic E-state index is 13.4. The van der Waals surface area contributed by atoms with Crippen molar-refractivity contribution in [1.82, 2.24) is 14.8 Å². The molecule has 5 nitrogen and oxygen atoms in total. The molecule has 0 saturated carbocycles. The molecular formula is C23H20FN3O2S. The number of halogens is 1. The number of aryl methyl sites for hydroxylation is 2. The Hall–Kier alpha value is -3.32. The number of aromatic nitrogens is 3. The molecule has 0 aliphatic carbocycles. The van der Waals surface area contributed by atoms with Crippen molar-refractivity contribution >= 4 is 9.84 Å². The van der Waals surface area contributed by atoms with E-state index < -0.39 is 9.84 Å². The second-order valence-corrected chi connectivity index (χ2v) is 9.04. The van der Waals surface area contributed by atoms with Crippen LogP contribution in [0.3, 0.4) is 0 Å². The zero-order chi connectivity index (χ0) is 21.1. The maximum atomic E-state index is 13.4. The van der Waals surface area contributed by atoms with Crippen molar-refractivity contribution in [3.8, 4) is 22.4 Å². The lowest BCUT2D eigenvalue weighted by Gasteiger charge is -2.04. The first-order valence-electron chi connectivity index (χ1n) is 9.44. The van der Waals surface area contributed by atoms with Crippen LogP contribution in [-0.2, 0) is 22.8 Å². The van der Waals surface area contributed by atoms with Crippen LogP contribution in [0.4, 0.5) is 4.39 Å². The summed E-state index contributed by atoms with van der Waals surface area (Å²) in [5, 5.41) is 4.73. The third-order valence-electron chi connectivity index (χ3n) is 4.80. The molecule has 0 aliphatic heterocycles. The van der Waals surface area contributed by atoms with Crippen molar-refractivity contribution in [2.24, 2.45) is 0 Å². The highest BCUT2D eigenvalue weighted by atomic mass is 32.2. The van der Waals surface area contributed by atoms with Gasteiger partial charge >= 0.3 is 0 Å². The summed E-state index contributed by atoms with van der Waals surface area (Å²) in [6.07, 6.45) is 5.59. The molecule has 30 heavy (non-hydrogen) atoms. The van der Waals surface area contributed by atoms with Gasteiger partial charge < -0.3 is 0 Å². The molecule has 0 N–H and O–H groups in total. The summed E-state index contributed by atoms with van der Waals surface area (Å²) in [7, 11) is -3.28. The maximum Gasteiger partial charge on any atom is 0.175 e. The number of nitrogens with zero attached hydrogens (tertiary/aromatic N) is 3. The molecule has 0 saturated heterocycles. The van der Waals surface area contributed by atoms with Crippen LogP contribution in [0, 0.1) is 5.82 Å². The van der Waals surface area contributed by atoms with Crippen molar-refractivity contribution in [3.63, 3.8) is 0 Å². The molecule has 2 heterocycles. The minimum atomic E-state index is -3.28. The van der Waals surface area contributed by atoms with E-state index in [1.807, 2.05) is 29.1 Å². The van der Waals surface area contributed by atoms with Crippen LogP contribution in [0.2, 0.25) is 0 Å². The molecule has 0 aliphatic rings. The van der Waals surface area contributed by atoms with E-state index in [1.165, 1.54) is 18.4 Å². The molecule has 2 aromatic carbocycles. The smallest absolute Gasteiger partial charge is 0.175 e. The van der Waals surface area contributed by atoms with Crippen LogP contribution in [0.25, 0.3) is 22.4 Å². The molecule has 0 bridgehead atoms. The van der Waals surface area contributed by atoms with Gasteiger partial charge in [-0.2, -0.15) is 5.10 Å². The Morgan fingerprint density at radius 2 is 1.63 bits per heavy atom. The molecule has 7 heteroatoms. The SMILES string of the molecule is CS(=O)(=O)c1ccc(-c2nn(CCc3ccccn3)cc2-c2ccc(F)cc2)cc1. The van der Waals surface area contributed by atoms with Crippen molar-refractivity contribution in [2.45, 2.75) is 17.9 Å². The van der Waals surface area contributed by atoms with Crippen LogP contribution >= 0.6 is 0 Å². The van der Waals surface area contributed by atoms with Gasteiger partial charge in [0.05, 0.1) is 4.90 Å². The first kappa shape index (κ1) is 20.0. The van der Waals surface area contributed by atoms with Crippen molar-refractivity contribution < 1.29 is 12.8 Å². The summed E-state index contributed by atoms with van der Waals surface area (Å²) in [6, 6.07) is 18.7. The summed E-state index contributed by atoms with van der Waals surface area (Å²) < 4.78 is 38.8. The van der Waals surface area contributed by atoms with E-state index in [0.717, 1.165) is 28.8 Å². The normalized spacial score (nSPS) is 11.5. The van der Waals surface area contributed by atoms with Gasteiger partial charge in [0, 0.05) is 48.4 Å². The van der Waals surface area contributed by atoms with E-state index in [0.29, 0.717) is 12.2 Å². The standard InChI is InChI=1S/C23H20FN3O2S/c1-30(28,29)21-11-7-18(8-12-21)23-22(17-5-9-19(24)10-6-17)16-27(26-23)15-13-20-4-2-3-14-25-20/h2-12,14,16H,13,15H2,1H3. The Morgan fingerprint density at radius 1 is 0.933 bits per heavy atom. The van der Waals surface area contributed by atoms with Crippen molar-refractivity contribution in [2.75, 3.05) is 6.26 Å². The van der Waals surface area contributed by atoms with Crippen LogP contribution in [0.5, 0.6) is 0 Å². The topological polar surface area (TPSA) is 64.8 Å². The lowest BCUT2D eigenvalue weighted by molar-refractivity contribution is 0.602. The van der Waals surface area contributed by atoms with Crippen molar-refractivity contribution in [3.05, 3.63) is 90.6 Å².